The topological polar surface area (TPSA) is 101 Å². The summed E-state index contributed by atoms with van der Waals surface area (Å²) in [6.45, 7) is 0.132. The van der Waals surface area contributed by atoms with Crippen molar-refractivity contribution < 1.29 is 14.3 Å². The zero-order chi connectivity index (χ0) is 14.7. The summed E-state index contributed by atoms with van der Waals surface area (Å²) in [5.41, 5.74) is -0.949. The Bertz CT molecular complexity index is 632. The van der Waals surface area contributed by atoms with E-state index < -0.39 is 29.0 Å². The van der Waals surface area contributed by atoms with Crippen molar-refractivity contribution in [3.8, 4) is 0 Å². The second-order valence-corrected chi connectivity index (χ2v) is 4.50. The number of ether oxygens (including phenoxy) is 1. The number of hydrogen-bond acceptors (Lipinski definition) is 5. The van der Waals surface area contributed by atoms with Gasteiger partial charge in [-0.1, -0.05) is 0 Å². The van der Waals surface area contributed by atoms with Crippen LogP contribution in [0.2, 0.25) is 0 Å². The Balaban J connectivity index is 2.15. The molecule has 1 saturated heterocycles. The van der Waals surface area contributed by atoms with Gasteiger partial charge < -0.3 is 9.64 Å². The molecule has 0 bridgehead atoms. The number of carbonyl (C=O) groups is 2. The molecule has 2 heterocycles. The van der Waals surface area contributed by atoms with Crippen molar-refractivity contribution in [3.63, 3.8) is 0 Å². The first-order valence-corrected chi connectivity index (χ1v) is 6.20. The van der Waals surface area contributed by atoms with E-state index in [1.807, 2.05) is 0 Å². The summed E-state index contributed by atoms with van der Waals surface area (Å²) in [4.78, 5) is 47.8. The van der Waals surface area contributed by atoms with Gasteiger partial charge in [-0.2, -0.15) is 0 Å². The summed E-state index contributed by atoms with van der Waals surface area (Å²) < 4.78 is 5.58. The fourth-order valence-corrected chi connectivity index (χ4v) is 2.25. The number of esters is 1. The van der Waals surface area contributed by atoms with Crippen LogP contribution in [0, 0.1) is 0 Å². The van der Waals surface area contributed by atoms with Crippen LogP contribution in [-0.2, 0) is 20.9 Å². The molecule has 0 aromatic carbocycles. The maximum absolute atomic E-state index is 12.1. The van der Waals surface area contributed by atoms with Crippen LogP contribution < -0.4 is 11.1 Å². The molecular weight excluding hydrogens is 266 g/mol. The van der Waals surface area contributed by atoms with Gasteiger partial charge in [0, 0.05) is 18.7 Å². The van der Waals surface area contributed by atoms with Crippen molar-refractivity contribution in [2.24, 2.45) is 0 Å². The molecule has 1 aromatic heterocycles. The zero-order valence-electron chi connectivity index (χ0n) is 11.0. The Labute approximate surface area is 113 Å². The highest BCUT2D eigenvalue weighted by molar-refractivity contribution is 5.85. The maximum Gasteiger partial charge on any atom is 0.328 e. The number of H-pyrrole nitrogens is 1. The smallest absolute Gasteiger partial charge is 0.328 e. The first kappa shape index (κ1) is 14.0. The number of rotatable bonds is 3. The van der Waals surface area contributed by atoms with Crippen LogP contribution in [0.5, 0.6) is 0 Å². The van der Waals surface area contributed by atoms with Crippen molar-refractivity contribution >= 4 is 11.9 Å². The number of likely N-dealkylation sites (tertiary alicyclic amines) is 1. The van der Waals surface area contributed by atoms with E-state index in [-0.39, 0.29) is 6.54 Å². The Hall–Kier alpha value is -2.38. The molecule has 1 unspecified atom stereocenters. The summed E-state index contributed by atoms with van der Waals surface area (Å²) in [5.74, 6) is -0.869. The van der Waals surface area contributed by atoms with Crippen LogP contribution in [0.1, 0.15) is 12.8 Å². The third-order valence-electron chi connectivity index (χ3n) is 3.23. The van der Waals surface area contributed by atoms with Crippen LogP contribution in [0.25, 0.3) is 0 Å². The molecule has 1 amide bonds. The summed E-state index contributed by atoms with van der Waals surface area (Å²) in [6.07, 6.45) is 1.24. The van der Waals surface area contributed by atoms with E-state index in [0.29, 0.717) is 19.4 Å². The molecular formula is C12H15N3O5. The van der Waals surface area contributed by atoms with Crippen molar-refractivity contribution in [1.82, 2.24) is 14.7 Å². The predicted octanol–water partition coefficient (Wildman–Crippen LogP) is -1.30. The number of methoxy groups -OCH3 is 1. The molecule has 2 rings (SSSR count). The van der Waals surface area contributed by atoms with Crippen molar-refractivity contribution in [1.29, 1.82) is 0 Å². The molecule has 20 heavy (non-hydrogen) atoms. The average Bonchev–Trinajstić information content (AvgIpc) is 2.91. The Morgan fingerprint density at radius 1 is 1.40 bits per heavy atom. The molecule has 1 aromatic rings. The lowest BCUT2D eigenvalue weighted by atomic mass is 10.2. The Morgan fingerprint density at radius 2 is 2.15 bits per heavy atom. The second-order valence-electron chi connectivity index (χ2n) is 4.50. The normalized spacial score (nSPS) is 18.1. The number of aromatic amines is 1. The number of nitrogens with zero attached hydrogens (tertiary/aromatic N) is 2. The lowest BCUT2D eigenvalue weighted by molar-refractivity contribution is -0.151. The van der Waals surface area contributed by atoms with Gasteiger partial charge in [-0.15, -0.1) is 0 Å². The molecule has 1 atom stereocenters. The lowest BCUT2D eigenvalue weighted by Gasteiger charge is -2.22. The predicted molar refractivity (Wildman–Crippen MR) is 68.1 cm³/mol. The standard InChI is InChI=1S/C12H15N3O5/c1-20-12(19)8-3-2-6-14(8)11(18)7-15-10(17)5-4-9(16)13-15/h4-5,8H,2-3,6-7H2,1H3,(H,13,16). The minimum atomic E-state index is -0.612. The third-order valence-corrected chi connectivity index (χ3v) is 3.23. The molecule has 0 aliphatic carbocycles. The largest absolute Gasteiger partial charge is 0.467 e. The van der Waals surface area contributed by atoms with Crippen LogP contribution >= 0.6 is 0 Å². The van der Waals surface area contributed by atoms with Gasteiger partial charge in [0.25, 0.3) is 11.1 Å². The minimum absolute atomic E-state index is 0.303. The number of carbonyl (C=O) groups excluding carboxylic acids is 2. The average molecular weight is 281 g/mol. The first-order valence-electron chi connectivity index (χ1n) is 6.20. The Kier molecular flexibility index (Phi) is 4.02. The van der Waals surface area contributed by atoms with Gasteiger partial charge >= 0.3 is 5.97 Å². The van der Waals surface area contributed by atoms with Crippen LogP contribution in [0.3, 0.4) is 0 Å². The molecule has 1 aliphatic rings. The molecule has 108 valence electrons. The van der Waals surface area contributed by atoms with Gasteiger partial charge in [0.2, 0.25) is 5.91 Å². The second kappa shape index (κ2) is 5.72. The van der Waals surface area contributed by atoms with Gasteiger partial charge in [-0.25, -0.2) is 9.48 Å². The van der Waals surface area contributed by atoms with E-state index >= 15 is 0 Å². The molecule has 1 aliphatic heterocycles. The van der Waals surface area contributed by atoms with Gasteiger partial charge in [0.1, 0.15) is 12.6 Å². The van der Waals surface area contributed by atoms with Gasteiger partial charge in [-0.3, -0.25) is 19.5 Å². The van der Waals surface area contributed by atoms with Crippen LogP contribution in [0.4, 0.5) is 0 Å². The molecule has 8 heteroatoms. The summed E-state index contributed by atoms with van der Waals surface area (Å²) >= 11 is 0. The quantitative estimate of drug-likeness (QED) is 0.694. The summed E-state index contributed by atoms with van der Waals surface area (Å²) in [5, 5.41) is 2.27. The van der Waals surface area contributed by atoms with Crippen molar-refractivity contribution in [2.75, 3.05) is 13.7 Å². The molecule has 0 saturated carbocycles. The maximum atomic E-state index is 12.1. The van der Waals surface area contributed by atoms with E-state index in [0.717, 1.165) is 16.8 Å². The van der Waals surface area contributed by atoms with E-state index in [1.165, 1.54) is 12.0 Å². The monoisotopic (exact) mass is 281 g/mol. The molecule has 8 nitrogen and oxygen atoms in total. The highest BCUT2D eigenvalue weighted by Gasteiger charge is 2.34. The van der Waals surface area contributed by atoms with E-state index in [2.05, 4.69) is 9.84 Å². The minimum Gasteiger partial charge on any atom is -0.467 e. The summed E-state index contributed by atoms with van der Waals surface area (Å²) in [7, 11) is 1.27. The molecule has 1 N–H and O–H groups in total. The summed E-state index contributed by atoms with van der Waals surface area (Å²) in [6, 6.07) is 1.57. The zero-order valence-corrected chi connectivity index (χ0v) is 11.0. The molecule has 1 fully saturated rings. The highest BCUT2D eigenvalue weighted by Crippen LogP contribution is 2.18. The number of hydrogen-bond donors (Lipinski definition) is 1. The number of nitrogens with one attached hydrogen (secondary N) is 1. The molecule has 0 radical (unpaired) electrons. The van der Waals surface area contributed by atoms with E-state index in [4.69, 9.17) is 0 Å². The van der Waals surface area contributed by atoms with E-state index in [1.54, 1.807) is 0 Å². The highest BCUT2D eigenvalue weighted by atomic mass is 16.5. The van der Waals surface area contributed by atoms with E-state index in [9.17, 15) is 19.2 Å². The number of amides is 1. The lowest BCUT2D eigenvalue weighted by Crippen LogP contribution is -2.44. The SMILES string of the molecule is COC(=O)C1CCCN1C(=O)Cn1[nH]c(=O)ccc1=O. The van der Waals surface area contributed by atoms with Gasteiger partial charge in [-0.05, 0) is 12.8 Å². The Morgan fingerprint density at radius 3 is 2.85 bits per heavy atom. The number of aromatic nitrogens is 2. The fourth-order valence-electron chi connectivity index (χ4n) is 2.25. The fraction of sp³-hybridized carbons (Fsp3) is 0.500. The first-order chi connectivity index (χ1) is 9.52. The van der Waals surface area contributed by atoms with Crippen LogP contribution in [-0.4, -0.2) is 46.3 Å². The molecule has 0 spiro atoms. The van der Waals surface area contributed by atoms with Crippen LogP contribution in [0.15, 0.2) is 21.7 Å². The van der Waals surface area contributed by atoms with Crippen molar-refractivity contribution in [3.05, 3.63) is 32.8 Å². The van der Waals surface area contributed by atoms with Gasteiger partial charge in [0.05, 0.1) is 7.11 Å². The third kappa shape index (κ3) is 2.79. The van der Waals surface area contributed by atoms with Crippen molar-refractivity contribution in [2.45, 2.75) is 25.4 Å². The van der Waals surface area contributed by atoms with Gasteiger partial charge in [0.15, 0.2) is 0 Å².